The largest absolute Gasteiger partial charge is 0.296 e. The number of thiazole rings is 1. The summed E-state index contributed by atoms with van der Waals surface area (Å²) in [6, 6.07) is 11.2. The number of hydrogen-bond acceptors (Lipinski definition) is 5. The normalized spacial score (nSPS) is 10.7. The summed E-state index contributed by atoms with van der Waals surface area (Å²) in [6.07, 6.45) is 0. The highest BCUT2D eigenvalue weighted by Crippen LogP contribution is 2.25. The summed E-state index contributed by atoms with van der Waals surface area (Å²) in [5.74, 6) is -0.275. The zero-order valence-electron chi connectivity index (χ0n) is 14.1. The maximum atomic E-state index is 12.4. The van der Waals surface area contributed by atoms with Crippen LogP contribution in [0.1, 0.15) is 41.6 Å². The molecule has 1 aromatic carbocycles. The number of aryl methyl sites for hydroxylation is 1. The van der Waals surface area contributed by atoms with Crippen molar-refractivity contribution in [2.75, 3.05) is 5.32 Å². The molecule has 0 aliphatic heterocycles. The standard InChI is InChI=1S/C18H17N5OS/c1-11(2)23-12(3)8-15(22-23)17(24)21-18-20-16(10-25-18)14-6-4-13(9-19)5-7-14/h4-8,10-11H,1-3H3,(H,20,21,24). The Balaban J connectivity index is 1.75. The summed E-state index contributed by atoms with van der Waals surface area (Å²) in [4.78, 5) is 16.8. The van der Waals surface area contributed by atoms with Crippen molar-refractivity contribution >= 4 is 22.4 Å². The van der Waals surface area contributed by atoms with Gasteiger partial charge in [-0.25, -0.2) is 4.98 Å². The highest BCUT2D eigenvalue weighted by molar-refractivity contribution is 7.14. The average molecular weight is 351 g/mol. The lowest BCUT2D eigenvalue weighted by Gasteiger charge is -2.06. The van der Waals surface area contributed by atoms with Crippen molar-refractivity contribution in [1.29, 1.82) is 5.26 Å². The van der Waals surface area contributed by atoms with Crippen molar-refractivity contribution in [3.63, 3.8) is 0 Å². The molecule has 0 spiro atoms. The Bertz CT molecular complexity index is 947. The lowest BCUT2D eigenvalue weighted by atomic mass is 10.1. The number of anilines is 1. The molecule has 0 saturated carbocycles. The molecule has 0 atom stereocenters. The predicted octanol–water partition coefficient (Wildman–Crippen LogP) is 4.02. The van der Waals surface area contributed by atoms with E-state index in [4.69, 9.17) is 5.26 Å². The van der Waals surface area contributed by atoms with Gasteiger partial charge in [0.05, 0.1) is 17.3 Å². The maximum absolute atomic E-state index is 12.4. The fourth-order valence-electron chi connectivity index (χ4n) is 2.46. The van der Waals surface area contributed by atoms with Crippen LogP contribution in [0.25, 0.3) is 11.3 Å². The summed E-state index contributed by atoms with van der Waals surface area (Å²) >= 11 is 1.35. The molecule has 1 N–H and O–H groups in total. The molecule has 2 heterocycles. The highest BCUT2D eigenvalue weighted by Gasteiger charge is 2.15. The second-order valence-corrected chi connectivity index (χ2v) is 6.75. The van der Waals surface area contributed by atoms with E-state index in [1.807, 2.05) is 43.0 Å². The molecule has 0 fully saturated rings. The Morgan fingerprint density at radius 1 is 1.32 bits per heavy atom. The molecule has 25 heavy (non-hydrogen) atoms. The third kappa shape index (κ3) is 3.59. The molecular formula is C18H17N5OS. The van der Waals surface area contributed by atoms with Crippen LogP contribution in [-0.4, -0.2) is 20.7 Å². The first-order chi connectivity index (χ1) is 12.0. The molecule has 1 amide bonds. The molecular weight excluding hydrogens is 334 g/mol. The van der Waals surface area contributed by atoms with E-state index in [2.05, 4.69) is 21.5 Å². The van der Waals surface area contributed by atoms with E-state index >= 15 is 0 Å². The molecule has 0 aliphatic rings. The van der Waals surface area contributed by atoms with Crippen LogP contribution in [0.4, 0.5) is 5.13 Å². The Labute approximate surface area is 149 Å². The molecule has 3 aromatic rings. The number of hydrogen-bond donors (Lipinski definition) is 1. The molecule has 0 unspecified atom stereocenters. The van der Waals surface area contributed by atoms with Crippen molar-refractivity contribution in [1.82, 2.24) is 14.8 Å². The molecule has 0 aliphatic carbocycles. The third-order valence-corrected chi connectivity index (χ3v) is 4.44. The first-order valence-electron chi connectivity index (χ1n) is 7.81. The van der Waals surface area contributed by atoms with Gasteiger partial charge < -0.3 is 0 Å². The summed E-state index contributed by atoms with van der Waals surface area (Å²) < 4.78 is 1.82. The Morgan fingerprint density at radius 2 is 2.04 bits per heavy atom. The maximum Gasteiger partial charge on any atom is 0.277 e. The Morgan fingerprint density at radius 3 is 2.64 bits per heavy atom. The molecule has 3 rings (SSSR count). The zero-order chi connectivity index (χ0) is 18.0. The minimum atomic E-state index is -0.275. The average Bonchev–Trinajstić information content (AvgIpc) is 3.21. The lowest BCUT2D eigenvalue weighted by Crippen LogP contribution is -2.13. The summed E-state index contributed by atoms with van der Waals surface area (Å²) in [6.45, 7) is 5.97. The molecule has 0 bridgehead atoms. The van der Waals surface area contributed by atoms with Crippen LogP contribution in [-0.2, 0) is 0 Å². The van der Waals surface area contributed by atoms with E-state index in [0.717, 1.165) is 17.0 Å². The summed E-state index contributed by atoms with van der Waals surface area (Å²) in [5, 5.41) is 18.4. The number of carbonyl (C=O) groups excluding carboxylic acids is 1. The number of rotatable bonds is 4. The van der Waals surface area contributed by atoms with Gasteiger partial charge in [0.15, 0.2) is 10.8 Å². The highest BCUT2D eigenvalue weighted by atomic mass is 32.1. The molecule has 0 radical (unpaired) electrons. The minimum Gasteiger partial charge on any atom is -0.296 e. The van der Waals surface area contributed by atoms with Gasteiger partial charge in [-0.2, -0.15) is 10.4 Å². The van der Waals surface area contributed by atoms with E-state index in [1.54, 1.807) is 18.2 Å². The predicted molar refractivity (Wildman–Crippen MR) is 97.6 cm³/mol. The van der Waals surface area contributed by atoms with Crippen LogP contribution in [0, 0.1) is 18.3 Å². The molecule has 2 aromatic heterocycles. The van der Waals surface area contributed by atoms with E-state index in [9.17, 15) is 4.79 Å². The van der Waals surface area contributed by atoms with Gasteiger partial charge in [-0.05, 0) is 39.0 Å². The Hall–Kier alpha value is -2.98. The topological polar surface area (TPSA) is 83.6 Å². The van der Waals surface area contributed by atoms with Crippen molar-refractivity contribution in [3.8, 4) is 17.3 Å². The summed E-state index contributed by atoms with van der Waals surface area (Å²) in [7, 11) is 0. The monoisotopic (exact) mass is 351 g/mol. The van der Waals surface area contributed by atoms with Gasteiger partial charge in [0.25, 0.3) is 5.91 Å². The zero-order valence-corrected chi connectivity index (χ0v) is 15.0. The van der Waals surface area contributed by atoms with Crippen LogP contribution in [0.15, 0.2) is 35.7 Å². The molecule has 6 nitrogen and oxygen atoms in total. The number of benzene rings is 1. The van der Waals surface area contributed by atoms with Gasteiger partial charge in [0.2, 0.25) is 0 Å². The van der Waals surface area contributed by atoms with Gasteiger partial charge in [-0.1, -0.05) is 12.1 Å². The van der Waals surface area contributed by atoms with Crippen molar-refractivity contribution < 1.29 is 4.79 Å². The second-order valence-electron chi connectivity index (χ2n) is 5.89. The second kappa shape index (κ2) is 6.87. The first-order valence-corrected chi connectivity index (χ1v) is 8.69. The van der Waals surface area contributed by atoms with Gasteiger partial charge in [0, 0.05) is 22.7 Å². The van der Waals surface area contributed by atoms with Crippen LogP contribution in [0.5, 0.6) is 0 Å². The van der Waals surface area contributed by atoms with Gasteiger partial charge >= 0.3 is 0 Å². The van der Waals surface area contributed by atoms with E-state index in [-0.39, 0.29) is 11.9 Å². The van der Waals surface area contributed by atoms with Crippen molar-refractivity contribution in [2.45, 2.75) is 26.8 Å². The smallest absolute Gasteiger partial charge is 0.277 e. The van der Waals surface area contributed by atoms with E-state index < -0.39 is 0 Å². The number of amides is 1. The number of aromatic nitrogens is 3. The van der Waals surface area contributed by atoms with Crippen LogP contribution >= 0.6 is 11.3 Å². The quantitative estimate of drug-likeness (QED) is 0.769. The van der Waals surface area contributed by atoms with Gasteiger partial charge in [-0.3, -0.25) is 14.8 Å². The number of nitrogens with zero attached hydrogens (tertiary/aromatic N) is 4. The lowest BCUT2D eigenvalue weighted by molar-refractivity contribution is 0.102. The number of nitrogens with one attached hydrogen (secondary N) is 1. The van der Waals surface area contributed by atoms with Crippen LogP contribution in [0.2, 0.25) is 0 Å². The van der Waals surface area contributed by atoms with Crippen LogP contribution in [0.3, 0.4) is 0 Å². The van der Waals surface area contributed by atoms with E-state index in [1.165, 1.54) is 11.3 Å². The molecule has 0 saturated heterocycles. The van der Waals surface area contributed by atoms with Gasteiger partial charge in [-0.15, -0.1) is 11.3 Å². The number of carbonyl (C=O) groups is 1. The third-order valence-electron chi connectivity index (χ3n) is 3.68. The van der Waals surface area contributed by atoms with Crippen molar-refractivity contribution in [3.05, 3.63) is 52.7 Å². The SMILES string of the molecule is Cc1cc(C(=O)Nc2nc(-c3ccc(C#N)cc3)cs2)nn1C(C)C. The van der Waals surface area contributed by atoms with Gasteiger partial charge in [0.1, 0.15) is 0 Å². The Kier molecular flexibility index (Phi) is 4.63. The first kappa shape index (κ1) is 16.9. The number of nitriles is 1. The van der Waals surface area contributed by atoms with E-state index in [0.29, 0.717) is 16.4 Å². The summed E-state index contributed by atoms with van der Waals surface area (Å²) in [5.41, 5.74) is 3.58. The van der Waals surface area contributed by atoms with Crippen LogP contribution < -0.4 is 5.32 Å². The minimum absolute atomic E-state index is 0.199. The van der Waals surface area contributed by atoms with Crippen molar-refractivity contribution in [2.24, 2.45) is 0 Å². The molecule has 7 heteroatoms. The molecule has 126 valence electrons. The fraction of sp³-hybridized carbons (Fsp3) is 0.222. The fourth-order valence-corrected chi connectivity index (χ4v) is 3.18.